The third-order valence-electron chi connectivity index (χ3n) is 3.71. The van der Waals surface area contributed by atoms with E-state index in [4.69, 9.17) is 9.47 Å². The Kier molecular flexibility index (Phi) is 4.31. The average molecular weight is 282 g/mol. The van der Waals surface area contributed by atoms with Crippen LogP contribution >= 0.6 is 0 Å². The van der Waals surface area contributed by atoms with Crippen LogP contribution in [0.1, 0.15) is 23.2 Å². The lowest BCUT2D eigenvalue weighted by molar-refractivity contribution is 0.0545. The first-order valence-corrected chi connectivity index (χ1v) is 7.28. The molecule has 2 aromatic rings. The molecule has 0 amide bonds. The van der Waals surface area contributed by atoms with Gasteiger partial charge in [-0.25, -0.2) is 0 Å². The van der Waals surface area contributed by atoms with Gasteiger partial charge in [-0.2, -0.15) is 0 Å². The van der Waals surface area contributed by atoms with Crippen molar-refractivity contribution in [2.24, 2.45) is 5.92 Å². The van der Waals surface area contributed by atoms with Gasteiger partial charge in [0.15, 0.2) is 5.78 Å². The first kappa shape index (κ1) is 13.8. The zero-order valence-corrected chi connectivity index (χ0v) is 11.8. The minimum Gasteiger partial charge on any atom is -0.457 e. The summed E-state index contributed by atoms with van der Waals surface area (Å²) >= 11 is 0. The molecule has 0 aliphatic carbocycles. The van der Waals surface area contributed by atoms with E-state index in [1.54, 1.807) is 0 Å². The van der Waals surface area contributed by atoms with Crippen molar-refractivity contribution in [3.63, 3.8) is 0 Å². The smallest absolute Gasteiger partial charge is 0.166 e. The molecule has 0 spiro atoms. The fourth-order valence-electron chi connectivity index (χ4n) is 2.51. The Hall–Kier alpha value is -2.13. The van der Waals surface area contributed by atoms with Gasteiger partial charge in [0, 0.05) is 24.7 Å². The first-order chi connectivity index (χ1) is 10.3. The van der Waals surface area contributed by atoms with Crippen LogP contribution in [-0.4, -0.2) is 19.0 Å². The summed E-state index contributed by atoms with van der Waals surface area (Å²) < 4.78 is 11.0. The topological polar surface area (TPSA) is 35.5 Å². The van der Waals surface area contributed by atoms with E-state index in [1.807, 2.05) is 54.6 Å². The standard InChI is InChI=1S/C18H18O3/c19-18(15-10-12-20-13-11-15)14-6-8-17(9-7-14)21-16-4-2-1-3-5-16/h1-9,15H,10-13H2. The summed E-state index contributed by atoms with van der Waals surface area (Å²) in [5.74, 6) is 1.84. The first-order valence-electron chi connectivity index (χ1n) is 7.28. The molecule has 3 heteroatoms. The van der Waals surface area contributed by atoms with Crippen LogP contribution < -0.4 is 4.74 Å². The third kappa shape index (κ3) is 3.50. The van der Waals surface area contributed by atoms with Crippen LogP contribution in [0.3, 0.4) is 0 Å². The van der Waals surface area contributed by atoms with Crippen molar-refractivity contribution in [1.82, 2.24) is 0 Å². The van der Waals surface area contributed by atoms with Crippen molar-refractivity contribution in [3.8, 4) is 11.5 Å². The van der Waals surface area contributed by atoms with E-state index in [-0.39, 0.29) is 11.7 Å². The van der Waals surface area contributed by atoms with Crippen molar-refractivity contribution < 1.29 is 14.3 Å². The number of hydrogen-bond acceptors (Lipinski definition) is 3. The van der Waals surface area contributed by atoms with E-state index in [0.717, 1.165) is 29.9 Å². The summed E-state index contributed by atoms with van der Waals surface area (Å²) in [5, 5.41) is 0. The Bertz CT molecular complexity index is 584. The number of carbonyl (C=O) groups is 1. The molecular weight excluding hydrogens is 264 g/mol. The van der Waals surface area contributed by atoms with Gasteiger partial charge in [0.1, 0.15) is 11.5 Å². The molecule has 1 aliphatic rings. The van der Waals surface area contributed by atoms with Gasteiger partial charge in [0.05, 0.1) is 0 Å². The van der Waals surface area contributed by atoms with Gasteiger partial charge >= 0.3 is 0 Å². The van der Waals surface area contributed by atoms with Crippen LogP contribution in [-0.2, 0) is 4.74 Å². The molecule has 0 atom stereocenters. The van der Waals surface area contributed by atoms with Gasteiger partial charge in [0.25, 0.3) is 0 Å². The number of Topliss-reactive ketones (excluding diaryl/α,β-unsaturated/α-hetero) is 1. The Balaban J connectivity index is 1.67. The average Bonchev–Trinajstić information content (AvgIpc) is 2.57. The fourth-order valence-corrected chi connectivity index (χ4v) is 2.51. The van der Waals surface area contributed by atoms with Crippen molar-refractivity contribution >= 4 is 5.78 Å². The van der Waals surface area contributed by atoms with Crippen LogP contribution in [0.5, 0.6) is 11.5 Å². The van der Waals surface area contributed by atoms with Crippen LogP contribution in [0.15, 0.2) is 54.6 Å². The van der Waals surface area contributed by atoms with E-state index in [9.17, 15) is 4.79 Å². The number of carbonyl (C=O) groups excluding carboxylic acids is 1. The molecule has 1 heterocycles. The fraction of sp³-hybridized carbons (Fsp3) is 0.278. The minimum atomic E-state index is 0.0969. The summed E-state index contributed by atoms with van der Waals surface area (Å²) in [6.07, 6.45) is 1.64. The highest BCUT2D eigenvalue weighted by Crippen LogP contribution is 2.24. The molecular formula is C18H18O3. The van der Waals surface area contributed by atoms with Crippen LogP contribution in [0, 0.1) is 5.92 Å². The van der Waals surface area contributed by atoms with Crippen molar-refractivity contribution in [1.29, 1.82) is 0 Å². The van der Waals surface area contributed by atoms with E-state index >= 15 is 0 Å². The second-order valence-electron chi connectivity index (χ2n) is 5.19. The number of ketones is 1. The molecule has 1 aliphatic heterocycles. The Morgan fingerprint density at radius 1 is 0.905 bits per heavy atom. The number of rotatable bonds is 4. The molecule has 0 bridgehead atoms. The van der Waals surface area contributed by atoms with Gasteiger partial charge in [-0.05, 0) is 49.2 Å². The highest BCUT2D eigenvalue weighted by Gasteiger charge is 2.22. The highest BCUT2D eigenvalue weighted by molar-refractivity contribution is 5.98. The predicted molar refractivity (Wildman–Crippen MR) is 80.8 cm³/mol. The maximum atomic E-state index is 12.4. The van der Waals surface area contributed by atoms with E-state index in [2.05, 4.69) is 0 Å². The summed E-state index contributed by atoms with van der Waals surface area (Å²) in [7, 11) is 0. The van der Waals surface area contributed by atoms with Gasteiger partial charge < -0.3 is 9.47 Å². The molecule has 1 saturated heterocycles. The normalized spacial score (nSPS) is 15.6. The Morgan fingerprint density at radius 3 is 2.19 bits per heavy atom. The van der Waals surface area contributed by atoms with Crippen LogP contribution in [0.2, 0.25) is 0 Å². The number of benzene rings is 2. The summed E-state index contributed by atoms with van der Waals surface area (Å²) in [5.41, 5.74) is 0.752. The quantitative estimate of drug-likeness (QED) is 0.792. The number of para-hydroxylation sites is 1. The van der Waals surface area contributed by atoms with E-state index in [1.165, 1.54) is 0 Å². The van der Waals surface area contributed by atoms with Crippen LogP contribution in [0.4, 0.5) is 0 Å². The van der Waals surface area contributed by atoms with Gasteiger partial charge in [-0.1, -0.05) is 18.2 Å². The molecule has 108 valence electrons. The Morgan fingerprint density at radius 2 is 1.52 bits per heavy atom. The summed E-state index contributed by atoms with van der Waals surface area (Å²) in [6.45, 7) is 1.37. The third-order valence-corrected chi connectivity index (χ3v) is 3.71. The molecule has 0 unspecified atom stereocenters. The summed E-state index contributed by atoms with van der Waals surface area (Å²) in [6, 6.07) is 17.0. The SMILES string of the molecule is O=C(c1ccc(Oc2ccccc2)cc1)C1CCOCC1. The molecule has 1 fully saturated rings. The lowest BCUT2D eigenvalue weighted by Crippen LogP contribution is -2.23. The second-order valence-corrected chi connectivity index (χ2v) is 5.19. The number of hydrogen-bond donors (Lipinski definition) is 0. The van der Waals surface area contributed by atoms with Crippen molar-refractivity contribution in [3.05, 3.63) is 60.2 Å². The Labute approximate surface area is 124 Å². The van der Waals surface area contributed by atoms with Gasteiger partial charge in [0.2, 0.25) is 0 Å². The highest BCUT2D eigenvalue weighted by atomic mass is 16.5. The zero-order valence-electron chi connectivity index (χ0n) is 11.8. The lowest BCUT2D eigenvalue weighted by Gasteiger charge is -2.20. The molecule has 0 N–H and O–H groups in total. The molecule has 21 heavy (non-hydrogen) atoms. The predicted octanol–water partition coefficient (Wildman–Crippen LogP) is 4.09. The molecule has 0 radical (unpaired) electrons. The van der Waals surface area contributed by atoms with Crippen LogP contribution in [0.25, 0.3) is 0 Å². The molecule has 0 saturated carbocycles. The number of ether oxygens (including phenoxy) is 2. The molecule has 0 aromatic heterocycles. The van der Waals surface area contributed by atoms with Gasteiger partial charge in [-0.15, -0.1) is 0 Å². The minimum absolute atomic E-state index is 0.0969. The van der Waals surface area contributed by atoms with E-state index < -0.39 is 0 Å². The largest absolute Gasteiger partial charge is 0.457 e. The summed E-state index contributed by atoms with van der Waals surface area (Å²) in [4.78, 5) is 12.4. The van der Waals surface area contributed by atoms with E-state index in [0.29, 0.717) is 13.2 Å². The molecule has 3 nitrogen and oxygen atoms in total. The molecule has 3 rings (SSSR count). The molecule has 2 aromatic carbocycles. The second kappa shape index (κ2) is 6.55. The monoisotopic (exact) mass is 282 g/mol. The maximum absolute atomic E-state index is 12.4. The maximum Gasteiger partial charge on any atom is 0.166 e. The van der Waals surface area contributed by atoms with Gasteiger partial charge in [-0.3, -0.25) is 4.79 Å². The van der Waals surface area contributed by atoms with Crippen molar-refractivity contribution in [2.75, 3.05) is 13.2 Å². The lowest BCUT2D eigenvalue weighted by atomic mass is 9.91. The zero-order chi connectivity index (χ0) is 14.5. The van der Waals surface area contributed by atoms with Crippen molar-refractivity contribution in [2.45, 2.75) is 12.8 Å².